The predicted octanol–water partition coefficient (Wildman–Crippen LogP) is 14.7. The van der Waals surface area contributed by atoms with Crippen molar-refractivity contribution >= 4 is 45.2 Å². The monoisotopic (exact) mass is 692 g/mol. The summed E-state index contributed by atoms with van der Waals surface area (Å²) in [6.07, 6.45) is 12.9. The Morgan fingerprint density at radius 3 is 0.963 bits per heavy atom. The zero-order valence-corrected chi connectivity index (χ0v) is 30.5. The molecule has 6 aromatic carbocycles. The van der Waals surface area contributed by atoms with E-state index in [-0.39, 0.29) is 0 Å². The molecule has 0 atom stereocenters. The van der Waals surface area contributed by atoms with Crippen LogP contribution in [0.25, 0.3) is 45.2 Å². The zero-order valence-electron chi connectivity index (χ0n) is 30.5. The van der Waals surface area contributed by atoms with Crippen molar-refractivity contribution in [1.82, 2.24) is 0 Å². The SMILES string of the molecule is C=C(/C=C(\C=C\c1ccccc1)c1ccccc1)c1ccccccc(C(=C)/C=C(\C=C\c2ccccc2)c2ccccc2)ccc2ccccc2cc1. The van der Waals surface area contributed by atoms with Crippen molar-refractivity contribution in [1.29, 1.82) is 0 Å². The van der Waals surface area contributed by atoms with E-state index in [1.165, 1.54) is 0 Å². The topological polar surface area (TPSA) is 0 Å². The fourth-order valence-electron chi connectivity index (χ4n) is 5.92. The van der Waals surface area contributed by atoms with Crippen molar-refractivity contribution in [3.8, 4) is 0 Å². The van der Waals surface area contributed by atoms with Gasteiger partial charge in [0, 0.05) is 0 Å². The van der Waals surface area contributed by atoms with Gasteiger partial charge in [-0.3, -0.25) is 0 Å². The molecule has 260 valence electrons. The lowest BCUT2D eigenvalue weighted by Crippen LogP contribution is -1.84. The number of benzene rings is 5. The summed E-state index contributed by atoms with van der Waals surface area (Å²) in [5, 5.41) is 2.22. The van der Waals surface area contributed by atoms with Gasteiger partial charge in [0.25, 0.3) is 0 Å². The van der Waals surface area contributed by atoms with Gasteiger partial charge in [0.15, 0.2) is 0 Å². The average molecular weight is 693 g/mol. The van der Waals surface area contributed by atoms with Crippen LogP contribution in [0, 0.1) is 0 Å². The molecule has 0 aliphatic heterocycles. The van der Waals surface area contributed by atoms with Crippen LogP contribution in [-0.4, -0.2) is 0 Å². The van der Waals surface area contributed by atoms with Crippen molar-refractivity contribution < 1.29 is 0 Å². The Morgan fingerprint density at radius 2 is 0.593 bits per heavy atom. The van der Waals surface area contributed by atoms with Crippen LogP contribution < -0.4 is 0 Å². The lowest BCUT2D eigenvalue weighted by Gasteiger charge is -2.06. The molecule has 0 fully saturated rings. The average Bonchev–Trinajstić information content (AvgIpc) is 3.22. The molecule has 0 aromatic heterocycles. The largest absolute Gasteiger partial charge is 0.0911 e. The van der Waals surface area contributed by atoms with E-state index >= 15 is 0 Å². The molecule has 0 heteroatoms. The minimum absolute atomic E-state index is 0.914. The van der Waals surface area contributed by atoms with Crippen LogP contribution in [0.3, 0.4) is 0 Å². The number of hydrogen-bond donors (Lipinski definition) is 0. The number of rotatable bonds is 10. The molecule has 0 unspecified atom stereocenters. The van der Waals surface area contributed by atoms with Crippen molar-refractivity contribution in [2.45, 2.75) is 0 Å². The zero-order chi connectivity index (χ0) is 37.2. The van der Waals surface area contributed by atoms with Crippen molar-refractivity contribution in [2.75, 3.05) is 0 Å². The third-order valence-electron chi connectivity index (χ3n) is 8.89. The lowest BCUT2D eigenvalue weighted by molar-refractivity contribution is 1.61. The maximum absolute atomic E-state index is 4.54. The molecule has 0 N–H and O–H groups in total. The van der Waals surface area contributed by atoms with Crippen LogP contribution in [0.15, 0.2) is 244 Å². The summed E-state index contributed by atoms with van der Waals surface area (Å²) in [6, 6.07) is 71.2. The second-order valence-electron chi connectivity index (χ2n) is 12.8. The summed E-state index contributed by atoms with van der Waals surface area (Å²) < 4.78 is 0. The Morgan fingerprint density at radius 1 is 0.296 bits per heavy atom. The molecule has 0 radical (unpaired) electrons. The summed E-state index contributed by atoms with van der Waals surface area (Å²) in [5.74, 6) is 0. The molecule has 0 aliphatic rings. The maximum atomic E-state index is 4.54. The fraction of sp³-hybridized carbons (Fsp3) is 0. The third kappa shape index (κ3) is 11.0. The van der Waals surface area contributed by atoms with Gasteiger partial charge >= 0.3 is 0 Å². The molecule has 0 spiro atoms. The Bertz CT molecular complexity index is 2250. The van der Waals surface area contributed by atoms with Crippen LogP contribution >= 0.6 is 0 Å². The first-order chi connectivity index (χ1) is 26.6. The van der Waals surface area contributed by atoms with Gasteiger partial charge in [-0.25, -0.2) is 0 Å². The lowest BCUT2D eigenvalue weighted by atomic mass is 9.98. The molecule has 0 saturated heterocycles. The van der Waals surface area contributed by atoms with Gasteiger partial charge in [-0.05, 0) is 78.6 Å². The molecule has 0 nitrogen and oxygen atoms in total. The van der Waals surface area contributed by atoms with E-state index in [9.17, 15) is 0 Å². The van der Waals surface area contributed by atoms with E-state index in [0.717, 1.165) is 66.4 Å². The normalized spacial score (nSPS) is 11.6. The summed E-state index contributed by atoms with van der Waals surface area (Å²) in [7, 11) is 0. The second-order valence-corrected chi connectivity index (χ2v) is 12.8. The second kappa shape index (κ2) is 19.6. The molecular weight excluding hydrogens is 649 g/mol. The first-order valence-electron chi connectivity index (χ1n) is 18.2. The Kier molecular flexibility index (Phi) is 13.3. The van der Waals surface area contributed by atoms with E-state index in [1.54, 1.807) is 0 Å². The van der Waals surface area contributed by atoms with Crippen LogP contribution in [0.5, 0.6) is 0 Å². The molecule has 54 heavy (non-hydrogen) atoms. The Hall–Kier alpha value is -7.02. The van der Waals surface area contributed by atoms with Gasteiger partial charge in [0.1, 0.15) is 0 Å². The summed E-state index contributed by atoms with van der Waals surface area (Å²) >= 11 is 0. The molecular formula is C54H44. The van der Waals surface area contributed by atoms with Gasteiger partial charge < -0.3 is 0 Å². The highest BCUT2D eigenvalue weighted by atomic mass is 14.1. The number of hydrogen-bond acceptors (Lipinski definition) is 0. The van der Waals surface area contributed by atoms with Gasteiger partial charge in [-0.1, -0.05) is 244 Å². The van der Waals surface area contributed by atoms with Gasteiger partial charge in [-0.2, -0.15) is 0 Å². The van der Waals surface area contributed by atoms with Crippen LogP contribution in [0.4, 0.5) is 0 Å². The smallest absolute Gasteiger partial charge is 0.0178 e. The highest BCUT2D eigenvalue weighted by molar-refractivity contribution is 5.90. The maximum Gasteiger partial charge on any atom is -0.0178 e. The summed E-state index contributed by atoms with van der Waals surface area (Å²) in [6.45, 7) is 9.07. The molecule has 0 saturated carbocycles. The molecule has 0 amide bonds. The van der Waals surface area contributed by atoms with Gasteiger partial charge in [0.05, 0.1) is 0 Å². The highest BCUT2D eigenvalue weighted by Gasteiger charge is 2.03. The van der Waals surface area contributed by atoms with Crippen molar-refractivity contribution in [3.63, 3.8) is 0 Å². The first-order valence-corrected chi connectivity index (χ1v) is 18.2. The van der Waals surface area contributed by atoms with Crippen LogP contribution in [0.1, 0.15) is 33.4 Å². The minimum Gasteiger partial charge on any atom is -0.0911 e. The first kappa shape index (κ1) is 36.8. The van der Waals surface area contributed by atoms with E-state index in [2.05, 4.69) is 219 Å². The van der Waals surface area contributed by atoms with E-state index < -0.39 is 0 Å². The van der Waals surface area contributed by atoms with Crippen molar-refractivity contribution in [3.05, 3.63) is 277 Å². The van der Waals surface area contributed by atoms with Gasteiger partial charge in [0.2, 0.25) is 0 Å². The Balaban J connectivity index is 1.39. The van der Waals surface area contributed by atoms with Crippen LogP contribution in [0.2, 0.25) is 0 Å². The number of fused-ring (bicyclic) bond motifs is 1. The summed E-state index contributed by atoms with van der Waals surface area (Å²) in [4.78, 5) is 0. The standard InChI is InChI=1S/C54H44/c1-43(41-53(49-27-15-7-16-28-49)35-33-45-21-9-5-10-22-45)47-25-13-3-4-14-26-48(38-40-52-32-20-19-31-51(52)39-37-47)44(2)42-54(50-29-17-8-18-30-50)36-34-46-23-11-6-12-24-46/h3-42H,1-2H2/b4-3?,13-3?,14-4?,25-13?,26-14?,35-33+,36-34+,39-37?,40-38?,47-25?,47-37?,48-26?,48-38?,51-39?,52-40?,53-41+,54-42+. The quantitative estimate of drug-likeness (QED) is 0.125. The van der Waals surface area contributed by atoms with E-state index in [1.807, 2.05) is 36.4 Å². The number of allylic oxidation sites excluding steroid dienone is 8. The minimum atomic E-state index is 0.914. The van der Waals surface area contributed by atoms with E-state index in [0.29, 0.717) is 0 Å². The molecule has 6 rings (SSSR count). The predicted molar refractivity (Wildman–Crippen MR) is 237 cm³/mol. The van der Waals surface area contributed by atoms with Gasteiger partial charge in [-0.15, -0.1) is 0 Å². The summed E-state index contributed by atoms with van der Waals surface area (Å²) in [5.41, 5.74) is 10.6. The van der Waals surface area contributed by atoms with Crippen molar-refractivity contribution in [2.24, 2.45) is 0 Å². The third-order valence-corrected chi connectivity index (χ3v) is 8.89. The van der Waals surface area contributed by atoms with E-state index in [4.69, 9.17) is 0 Å². The Labute approximate surface area is 321 Å². The molecule has 6 aromatic rings. The molecule has 0 heterocycles. The highest BCUT2D eigenvalue weighted by Crippen LogP contribution is 2.25. The molecule has 0 bridgehead atoms. The fourth-order valence-corrected chi connectivity index (χ4v) is 5.92. The molecule has 0 aliphatic carbocycles. The van der Waals surface area contributed by atoms with Crippen LogP contribution in [-0.2, 0) is 0 Å².